The van der Waals surface area contributed by atoms with Gasteiger partial charge in [-0.25, -0.2) is 0 Å². The number of nitrogens with one attached hydrogen (secondary N) is 1. The fourth-order valence-corrected chi connectivity index (χ4v) is 2.63. The summed E-state index contributed by atoms with van der Waals surface area (Å²) in [6.07, 6.45) is 3.52. The number of hydrogen-bond acceptors (Lipinski definition) is 3. The van der Waals surface area contributed by atoms with Crippen molar-refractivity contribution in [2.45, 2.75) is 71.9 Å². The molecule has 0 aromatic rings. The highest BCUT2D eigenvalue weighted by Gasteiger charge is 2.37. The summed E-state index contributed by atoms with van der Waals surface area (Å²) in [7, 11) is 2.28. The molecular formula is C17H36N2O. The monoisotopic (exact) mass is 284 g/mol. The van der Waals surface area contributed by atoms with Crippen molar-refractivity contribution < 1.29 is 4.74 Å². The van der Waals surface area contributed by atoms with Crippen molar-refractivity contribution in [1.29, 1.82) is 0 Å². The molecule has 1 N–H and O–H groups in total. The molecule has 0 aliphatic carbocycles. The Morgan fingerprint density at radius 3 is 2.10 bits per heavy atom. The Morgan fingerprint density at radius 1 is 1.10 bits per heavy atom. The van der Waals surface area contributed by atoms with Gasteiger partial charge in [0.15, 0.2) is 0 Å². The topological polar surface area (TPSA) is 24.5 Å². The summed E-state index contributed by atoms with van der Waals surface area (Å²) in [6, 6.07) is 0. The molecule has 3 nitrogen and oxygen atoms in total. The van der Waals surface area contributed by atoms with Crippen LogP contribution in [0.15, 0.2) is 0 Å². The minimum atomic E-state index is 0.185. The summed E-state index contributed by atoms with van der Waals surface area (Å²) >= 11 is 0. The third-order valence-electron chi connectivity index (χ3n) is 5.02. The Balaban J connectivity index is 2.73. The molecule has 0 aromatic heterocycles. The van der Waals surface area contributed by atoms with E-state index in [9.17, 15) is 0 Å². The first-order chi connectivity index (χ1) is 9.10. The molecule has 0 atom stereocenters. The Kier molecular flexibility index (Phi) is 6.06. The molecule has 3 heteroatoms. The van der Waals surface area contributed by atoms with Crippen LogP contribution in [0, 0.1) is 5.41 Å². The number of ether oxygens (including phenoxy) is 1. The van der Waals surface area contributed by atoms with Crippen molar-refractivity contribution in [3.05, 3.63) is 0 Å². The van der Waals surface area contributed by atoms with E-state index in [1.807, 2.05) is 0 Å². The summed E-state index contributed by atoms with van der Waals surface area (Å²) in [6.45, 7) is 17.8. The van der Waals surface area contributed by atoms with Crippen LogP contribution in [0.2, 0.25) is 0 Å². The van der Waals surface area contributed by atoms with Crippen LogP contribution >= 0.6 is 0 Å². The lowest BCUT2D eigenvalue weighted by molar-refractivity contribution is -0.0194. The second-order valence-corrected chi connectivity index (χ2v) is 8.24. The van der Waals surface area contributed by atoms with Crippen molar-refractivity contribution >= 4 is 0 Å². The lowest BCUT2D eigenvalue weighted by Crippen LogP contribution is -2.54. The Hall–Kier alpha value is -0.120. The molecular weight excluding hydrogens is 248 g/mol. The van der Waals surface area contributed by atoms with Crippen LogP contribution in [0.4, 0.5) is 0 Å². The molecule has 0 unspecified atom stereocenters. The summed E-state index contributed by atoms with van der Waals surface area (Å²) in [5.74, 6) is 0. The summed E-state index contributed by atoms with van der Waals surface area (Å²) in [4.78, 5) is 2.54. The number of hydrogen-bond donors (Lipinski definition) is 1. The average molecular weight is 284 g/mol. The molecule has 1 aliphatic rings. The smallest absolute Gasteiger partial charge is 0.0472 e. The maximum atomic E-state index is 5.60. The van der Waals surface area contributed by atoms with Gasteiger partial charge in [-0.15, -0.1) is 0 Å². The fraction of sp³-hybridized carbons (Fsp3) is 1.00. The lowest BCUT2D eigenvalue weighted by atomic mass is 9.78. The first-order valence-electron chi connectivity index (χ1n) is 8.14. The standard InChI is InChI=1S/C17H36N2O/c1-8-16(5,6)19(7)14-17(9-11-20-12-10-17)13-18-15(2,3)4/h18H,8-14H2,1-7H3. The molecule has 0 radical (unpaired) electrons. The molecule has 0 saturated carbocycles. The van der Waals surface area contributed by atoms with E-state index < -0.39 is 0 Å². The van der Waals surface area contributed by atoms with E-state index in [1.54, 1.807) is 0 Å². The first-order valence-corrected chi connectivity index (χ1v) is 8.14. The predicted octanol–water partition coefficient (Wildman–Crippen LogP) is 3.29. The molecule has 1 aliphatic heterocycles. The van der Waals surface area contributed by atoms with E-state index in [1.165, 1.54) is 19.3 Å². The highest BCUT2D eigenvalue weighted by Crippen LogP contribution is 2.33. The molecule has 1 rings (SSSR count). The lowest BCUT2D eigenvalue weighted by Gasteiger charge is -2.46. The molecule has 0 aromatic carbocycles. The maximum absolute atomic E-state index is 5.60. The second kappa shape index (κ2) is 6.76. The third-order valence-corrected chi connectivity index (χ3v) is 5.02. The molecule has 1 fully saturated rings. The zero-order chi connectivity index (χ0) is 15.4. The van der Waals surface area contributed by atoms with Crippen LogP contribution in [-0.2, 0) is 4.74 Å². The third kappa shape index (κ3) is 5.34. The predicted molar refractivity (Wildman–Crippen MR) is 87.2 cm³/mol. The second-order valence-electron chi connectivity index (χ2n) is 8.24. The van der Waals surface area contributed by atoms with Gasteiger partial charge in [0.25, 0.3) is 0 Å². The van der Waals surface area contributed by atoms with Crippen molar-refractivity contribution in [3.8, 4) is 0 Å². The van der Waals surface area contributed by atoms with Gasteiger partial charge in [-0.05, 0) is 66.3 Å². The zero-order valence-corrected chi connectivity index (χ0v) is 14.8. The molecule has 120 valence electrons. The summed E-state index contributed by atoms with van der Waals surface area (Å²) in [5.41, 5.74) is 0.809. The fourth-order valence-electron chi connectivity index (χ4n) is 2.63. The van der Waals surface area contributed by atoms with Gasteiger partial charge in [-0.1, -0.05) is 6.92 Å². The van der Waals surface area contributed by atoms with Crippen LogP contribution in [0.25, 0.3) is 0 Å². The van der Waals surface area contributed by atoms with Gasteiger partial charge in [0, 0.05) is 37.4 Å². The maximum Gasteiger partial charge on any atom is 0.0472 e. The molecule has 1 heterocycles. The largest absolute Gasteiger partial charge is 0.381 e. The number of rotatable bonds is 6. The molecule has 0 spiro atoms. The van der Waals surface area contributed by atoms with Crippen LogP contribution < -0.4 is 5.32 Å². The van der Waals surface area contributed by atoms with E-state index in [-0.39, 0.29) is 11.1 Å². The Bertz CT molecular complexity index is 288. The van der Waals surface area contributed by atoms with Crippen LogP contribution in [-0.4, -0.2) is 49.3 Å². The normalized spacial score (nSPS) is 20.4. The average Bonchev–Trinajstić information content (AvgIpc) is 2.37. The highest BCUT2D eigenvalue weighted by atomic mass is 16.5. The Labute approximate surface area is 126 Å². The van der Waals surface area contributed by atoms with Gasteiger partial charge in [0.05, 0.1) is 0 Å². The highest BCUT2D eigenvalue weighted by molar-refractivity contribution is 4.91. The summed E-state index contributed by atoms with van der Waals surface area (Å²) in [5, 5.41) is 3.73. The van der Waals surface area contributed by atoms with Crippen molar-refractivity contribution in [1.82, 2.24) is 10.2 Å². The van der Waals surface area contributed by atoms with Crippen molar-refractivity contribution in [2.24, 2.45) is 5.41 Å². The van der Waals surface area contributed by atoms with Gasteiger partial charge < -0.3 is 15.0 Å². The molecule has 1 saturated heterocycles. The van der Waals surface area contributed by atoms with E-state index in [4.69, 9.17) is 4.74 Å². The SMILES string of the molecule is CCC(C)(C)N(C)CC1(CNC(C)(C)C)CCOCC1. The van der Waals surface area contributed by atoms with Crippen molar-refractivity contribution in [2.75, 3.05) is 33.4 Å². The van der Waals surface area contributed by atoms with Crippen LogP contribution in [0.3, 0.4) is 0 Å². The van der Waals surface area contributed by atoms with Gasteiger partial charge >= 0.3 is 0 Å². The van der Waals surface area contributed by atoms with Crippen LogP contribution in [0.5, 0.6) is 0 Å². The minimum absolute atomic E-state index is 0.185. The van der Waals surface area contributed by atoms with Gasteiger partial charge in [-0.3, -0.25) is 0 Å². The molecule has 0 amide bonds. The minimum Gasteiger partial charge on any atom is -0.381 e. The van der Waals surface area contributed by atoms with Gasteiger partial charge in [-0.2, -0.15) is 0 Å². The quantitative estimate of drug-likeness (QED) is 0.810. The van der Waals surface area contributed by atoms with E-state index in [0.29, 0.717) is 5.41 Å². The zero-order valence-electron chi connectivity index (χ0n) is 14.8. The van der Waals surface area contributed by atoms with Gasteiger partial charge in [0.2, 0.25) is 0 Å². The van der Waals surface area contributed by atoms with E-state index in [0.717, 1.165) is 26.3 Å². The number of nitrogens with zero attached hydrogens (tertiary/aromatic N) is 1. The molecule has 20 heavy (non-hydrogen) atoms. The first kappa shape index (κ1) is 17.9. The van der Waals surface area contributed by atoms with E-state index >= 15 is 0 Å². The van der Waals surface area contributed by atoms with Crippen LogP contribution in [0.1, 0.15) is 60.8 Å². The Morgan fingerprint density at radius 2 is 1.65 bits per heavy atom. The van der Waals surface area contributed by atoms with Gasteiger partial charge in [0.1, 0.15) is 0 Å². The summed E-state index contributed by atoms with van der Waals surface area (Å²) < 4.78 is 5.60. The van der Waals surface area contributed by atoms with E-state index in [2.05, 4.69) is 58.8 Å². The molecule has 0 bridgehead atoms. The van der Waals surface area contributed by atoms with Crippen molar-refractivity contribution in [3.63, 3.8) is 0 Å².